The fourth-order valence-electron chi connectivity index (χ4n) is 1.90. The van der Waals surface area contributed by atoms with Crippen molar-refractivity contribution in [2.24, 2.45) is 0 Å². The van der Waals surface area contributed by atoms with Gasteiger partial charge < -0.3 is 5.32 Å². The Morgan fingerprint density at radius 3 is 2.71 bits per heavy atom. The third kappa shape index (κ3) is 2.48. The zero-order valence-electron chi connectivity index (χ0n) is 10.7. The number of rotatable bonds is 3. The second kappa shape index (κ2) is 5.19. The highest BCUT2D eigenvalue weighted by Gasteiger charge is 2.09. The molecular weight excluding hydrogens is 302 g/mol. The lowest BCUT2D eigenvalue weighted by atomic mass is 10.3. The molecule has 1 aromatic carbocycles. The molecule has 7 heteroatoms. The highest BCUT2D eigenvalue weighted by molar-refractivity contribution is 7.23. The number of fused-ring (bicyclic) bond motifs is 1. The summed E-state index contributed by atoms with van der Waals surface area (Å²) in [5, 5.41) is 13.9. The minimum atomic E-state index is 0.730. The van der Waals surface area contributed by atoms with Crippen molar-refractivity contribution in [3.05, 3.63) is 48.8 Å². The largest absolute Gasteiger partial charge is 0.306 e. The lowest BCUT2D eigenvalue weighted by molar-refractivity contribution is 1.09. The van der Waals surface area contributed by atoms with E-state index >= 15 is 0 Å². The van der Waals surface area contributed by atoms with E-state index in [4.69, 9.17) is 0 Å². The van der Waals surface area contributed by atoms with Crippen LogP contribution in [0.2, 0.25) is 0 Å². The Bertz CT molecular complexity index is 851. The van der Waals surface area contributed by atoms with Crippen LogP contribution in [0.5, 0.6) is 0 Å². The molecule has 0 radical (unpaired) electrons. The molecule has 4 rings (SSSR count). The number of para-hydroxylation sites is 1. The van der Waals surface area contributed by atoms with Gasteiger partial charge in [-0.15, -0.1) is 10.2 Å². The Morgan fingerprint density at radius 2 is 1.86 bits per heavy atom. The first-order chi connectivity index (χ1) is 10.4. The number of hydrogen-bond acceptors (Lipinski definition) is 7. The summed E-state index contributed by atoms with van der Waals surface area (Å²) in [6, 6.07) is 11.9. The van der Waals surface area contributed by atoms with Crippen LogP contribution in [0.3, 0.4) is 0 Å². The van der Waals surface area contributed by atoms with Crippen molar-refractivity contribution in [2.75, 3.05) is 5.32 Å². The summed E-state index contributed by atoms with van der Waals surface area (Å²) in [6.07, 6.45) is 3.52. The third-order valence-electron chi connectivity index (χ3n) is 2.84. The van der Waals surface area contributed by atoms with Crippen molar-refractivity contribution in [1.29, 1.82) is 0 Å². The van der Waals surface area contributed by atoms with Crippen molar-refractivity contribution in [3.8, 4) is 10.6 Å². The lowest BCUT2D eigenvalue weighted by Crippen LogP contribution is -1.87. The standard InChI is InChI=1S/C14H9N5S2/c1-2-6-11-10(5-1)16-13(20-11)17-14-19-18-12(21-14)9-4-3-7-15-8-9/h1-8H,(H,16,17,19). The van der Waals surface area contributed by atoms with Crippen molar-refractivity contribution >= 4 is 43.2 Å². The molecule has 0 fully saturated rings. The average Bonchev–Trinajstić information content (AvgIpc) is 3.14. The summed E-state index contributed by atoms with van der Waals surface area (Å²) in [5.74, 6) is 0. The highest BCUT2D eigenvalue weighted by Crippen LogP contribution is 2.31. The van der Waals surface area contributed by atoms with Crippen LogP contribution in [0.15, 0.2) is 48.8 Å². The van der Waals surface area contributed by atoms with E-state index in [0.29, 0.717) is 0 Å². The zero-order chi connectivity index (χ0) is 14.1. The Morgan fingerprint density at radius 1 is 0.905 bits per heavy atom. The quantitative estimate of drug-likeness (QED) is 0.620. The minimum Gasteiger partial charge on any atom is -0.306 e. The van der Waals surface area contributed by atoms with Gasteiger partial charge in [0.1, 0.15) is 0 Å². The maximum absolute atomic E-state index is 4.52. The Labute approximate surface area is 128 Å². The molecular formula is C14H9N5S2. The van der Waals surface area contributed by atoms with Gasteiger partial charge >= 0.3 is 0 Å². The summed E-state index contributed by atoms with van der Waals surface area (Å²) in [5.41, 5.74) is 1.95. The summed E-state index contributed by atoms with van der Waals surface area (Å²) in [7, 11) is 0. The van der Waals surface area contributed by atoms with Crippen molar-refractivity contribution in [3.63, 3.8) is 0 Å². The van der Waals surface area contributed by atoms with E-state index < -0.39 is 0 Å². The van der Waals surface area contributed by atoms with Crippen LogP contribution < -0.4 is 5.32 Å². The molecule has 0 bridgehead atoms. The first kappa shape index (κ1) is 12.4. The van der Waals surface area contributed by atoms with E-state index in [2.05, 4.69) is 31.5 Å². The number of nitrogens with one attached hydrogen (secondary N) is 1. The van der Waals surface area contributed by atoms with Gasteiger partial charge in [-0.05, 0) is 24.3 Å². The third-order valence-corrected chi connectivity index (χ3v) is 4.68. The average molecular weight is 311 g/mol. The van der Waals surface area contributed by atoms with Gasteiger partial charge in [-0.25, -0.2) is 4.98 Å². The van der Waals surface area contributed by atoms with Gasteiger partial charge in [0, 0.05) is 18.0 Å². The molecule has 3 heterocycles. The Kier molecular flexibility index (Phi) is 3.06. The molecule has 21 heavy (non-hydrogen) atoms. The maximum Gasteiger partial charge on any atom is 0.212 e. The highest BCUT2D eigenvalue weighted by atomic mass is 32.1. The maximum atomic E-state index is 4.52. The Hall–Kier alpha value is -2.38. The van der Waals surface area contributed by atoms with Gasteiger partial charge in [0.15, 0.2) is 10.1 Å². The molecule has 0 amide bonds. The van der Waals surface area contributed by atoms with Gasteiger partial charge in [0.2, 0.25) is 5.13 Å². The number of nitrogens with zero attached hydrogens (tertiary/aromatic N) is 4. The smallest absolute Gasteiger partial charge is 0.212 e. The molecule has 0 spiro atoms. The monoisotopic (exact) mass is 311 g/mol. The van der Waals surface area contributed by atoms with E-state index in [1.807, 2.05) is 30.3 Å². The molecule has 0 unspecified atom stereocenters. The Balaban J connectivity index is 1.61. The van der Waals surface area contributed by atoms with E-state index in [-0.39, 0.29) is 0 Å². The van der Waals surface area contributed by atoms with Gasteiger partial charge in [0.05, 0.1) is 10.2 Å². The van der Waals surface area contributed by atoms with Crippen LogP contribution in [0.1, 0.15) is 0 Å². The normalized spacial score (nSPS) is 10.9. The molecule has 0 saturated heterocycles. The molecule has 102 valence electrons. The number of pyridine rings is 1. The van der Waals surface area contributed by atoms with E-state index in [0.717, 1.165) is 31.1 Å². The SMILES string of the molecule is c1cncc(-c2nnc(Nc3nc4ccccc4s3)s2)c1. The molecule has 0 aliphatic rings. The number of benzene rings is 1. The first-order valence-corrected chi connectivity index (χ1v) is 7.88. The second-order valence-corrected chi connectivity index (χ2v) is 6.27. The van der Waals surface area contributed by atoms with Crippen LogP contribution >= 0.6 is 22.7 Å². The van der Waals surface area contributed by atoms with Crippen molar-refractivity contribution in [2.45, 2.75) is 0 Å². The van der Waals surface area contributed by atoms with E-state index in [1.54, 1.807) is 23.7 Å². The molecule has 0 aliphatic carbocycles. The molecule has 0 atom stereocenters. The van der Waals surface area contributed by atoms with Gasteiger partial charge in [-0.3, -0.25) is 4.98 Å². The van der Waals surface area contributed by atoms with Crippen molar-refractivity contribution in [1.82, 2.24) is 20.2 Å². The van der Waals surface area contributed by atoms with Crippen LogP contribution in [0.4, 0.5) is 10.3 Å². The van der Waals surface area contributed by atoms with Crippen molar-refractivity contribution < 1.29 is 0 Å². The number of thiazole rings is 1. The molecule has 0 saturated carbocycles. The van der Waals surface area contributed by atoms with Gasteiger partial charge in [-0.2, -0.15) is 0 Å². The number of hydrogen-bond donors (Lipinski definition) is 1. The van der Waals surface area contributed by atoms with Crippen LogP contribution in [0.25, 0.3) is 20.8 Å². The summed E-state index contributed by atoms with van der Waals surface area (Å²) in [4.78, 5) is 8.62. The molecule has 0 aliphatic heterocycles. The summed E-state index contributed by atoms with van der Waals surface area (Å²) < 4.78 is 1.15. The van der Waals surface area contributed by atoms with Crippen LogP contribution in [-0.2, 0) is 0 Å². The fraction of sp³-hybridized carbons (Fsp3) is 0. The molecule has 5 nitrogen and oxygen atoms in total. The van der Waals surface area contributed by atoms with E-state index in [9.17, 15) is 0 Å². The molecule has 3 aromatic heterocycles. The number of anilines is 2. The first-order valence-electron chi connectivity index (χ1n) is 6.25. The predicted molar refractivity (Wildman–Crippen MR) is 86.0 cm³/mol. The topological polar surface area (TPSA) is 63.6 Å². The van der Waals surface area contributed by atoms with E-state index in [1.165, 1.54) is 11.3 Å². The number of aromatic nitrogens is 4. The summed E-state index contributed by atoms with van der Waals surface area (Å²) in [6.45, 7) is 0. The van der Waals surface area contributed by atoms with Crippen LogP contribution in [0, 0.1) is 0 Å². The van der Waals surface area contributed by atoms with Gasteiger partial charge in [0.25, 0.3) is 0 Å². The molecule has 4 aromatic rings. The van der Waals surface area contributed by atoms with Gasteiger partial charge in [-0.1, -0.05) is 34.8 Å². The zero-order valence-corrected chi connectivity index (χ0v) is 12.4. The fourth-order valence-corrected chi connectivity index (χ4v) is 3.56. The molecule has 1 N–H and O–H groups in total. The minimum absolute atomic E-state index is 0.730. The lowest BCUT2D eigenvalue weighted by Gasteiger charge is -1.93. The van der Waals surface area contributed by atoms with Crippen LogP contribution in [-0.4, -0.2) is 20.2 Å². The second-order valence-electron chi connectivity index (χ2n) is 4.27. The summed E-state index contributed by atoms with van der Waals surface area (Å²) >= 11 is 3.09. The predicted octanol–water partition coefficient (Wildman–Crippen LogP) is 3.95.